The minimum atomic E-state index is -1.44. The van der Waals surface area contributed by atoms with Crippen molar-refractivity contribution in [3.8, 4) is 0 Å². The molecule has 2 aliphatic rings. The van der Waals surface area contributed by atoms with Crippen LogP contribution in [0.4, 0.5) is 13.2 Å². The highest BCUT2D eigenvalue weighted by Gasteiger charge is 2.41. The van der Waals surface area contributed by atoms with E-state index < -0.39 is 28.9 Å². The monoisotopic (exact) mass is 300 g/mol. The van der Waals surface area contributed by atoms with E-state index in [-0.39, 0.29) is 18.7 Å². The number of carbonyl (C=O) groups excluding carboxylic acids is 1. The zero-order chi connectivity index (χ0) is 15.1. The fourth-order valence-corrected chi connectivity index (χ4v) is 2.90. The summed E-state index contributed by atoms with van der Waals surface area (Å²) in [6.07, 6.45) is -0.174. The fraction of sp³-hybridized carbons (Fsp3) is 0.500. The SMILES string of the molecule is CN1CCOC2CN(C(=O)c3c(F)ccc(F)c3F)CC21. The van der Waals surface area contributed by atoms with Crippen LogP contribution in [0.15, 0.2) is 12.1 Å². The Labute approximate surface area is 120 Å². The van der Waals surface area contributed by atoms with Crippen LogP contribution < -0.4 is 0 Å². The molecule has 21 heavy (non-hydrogen) atoms. The highest BCUT2D eigenvalue weighted by Crippen LogP contribution is 2.25. The molecule has 114 valence electrons. The van der Waals surface area contributed by atoms with Gasteiger partial charge in [-0.2, -0.15) is 0 Å². The maximum Gasteiger partial charge on any atom is 0.260 e. The van der Waals surface area contributed by atoms with E-state index in [0.717, 1.165) is 12.6 Å². The Morgan fingerprint density at radius 3 is 2.67 bits per heavy atom. The number of fused-ring (bicyclic) bond motifs is 1. The van der Waals surface area contributed by atoms with Crippen LogP contribution >= 0.6 is 0 Å². The lowest BCUT2D eigenvalue weighted by Crippen LogP contribution is -2.48. The molecule has 0 spiro atoms. The predicted octanol–water partition coefficient (Wildman–Crippen LogP) is 1.26. The van der Waals surface area contributed by atoms with Gasteiger partial charge in [0.15, 0.2) is 11.6 Å². The molecule has 3 rings (SSSR count). The van der Waals surface area contributed by atoms with Crippen LogP contribution in [0.3, 0.4) is 0 Å². The van der Waals surface area contributed by atoms with E-state index in [9.17, 15) is 18.0 Å². The first kappa shape index (κ1) is 14.3. The molecule has 1 aromatic carbocycles. The topological polar surface area (TPSA) is 32.8 Å². The number of likely N-dealkylation sites (tertiary alicyclic amines) is 1. The maximum absolute atomic E-state index is 13.7. The number of benzene rings is 1. The van der Waals surface area contributed by atoms with Gasteiger partial charge in [-0.25, -0.2) is 13.2 Å². The van der Waals surface area contributed by atoms with Crippen molar-refractivity contribution in [2.45, 2.75) is 12.1 Å². The van der Waals surface area contributed by atoms with Crippen molar-refractivity contribution in [3.05, 3.63) is 35.1 Å². The smallest absolute Gasteiger partial charge is 0.260 e. The first-order valence-electron chi connectivity index (χ1n) is 6.73. The second-order valence-electron chi connectivity index (χ2n) is 5.39. The van der Waals surface area contributed by atoms with Crippen molar-refractivity contribution in [1.29, 1.82) is 0 Å². The van der Waals surface area contributed by atoms with Gasteiger partial charge in [-0.15, -0.1) is 0 Å². The average Bonchev–Trinajstić information content (AvgIpc) is 2.89. The summed E-state index contributed by atoms with van der Waals surface area (Å²) in [6, 6.07) is 1.43. The van der Waals surface area contributed by atoms with Crippen molar-refractivity contribution in [1.82, 2.24) is 9.80 Å². The van der Waals surface area contributed by atoms with Gasteiger partial charge in [-0.3, -0.25) is 9.69 Å². The van der Waals surface area contributed by atoms with Crippen LogP contribution in [0.25, 0.3) is 0 Å². The first-order valence-corrected chi connectivity index (χ1v) is 6.73. The quantitative estimate of drug-likeness (QED) is 0.732. The van der Waals surface area contributed by atoms with Crippen LogP contribution in [0.5, 0.6) is 0 Å². The van der Waals surface area contributed by atoms with Crippen LogP contribution in [0, 0.1) is 17.5 Å². The summed E-state index contributed by atoms with van der Waals surface area (Å²) in [6.45, 7) is 1.87. The highest BCUT2D eigenvalue weighted by atomic mass is 19.2. The second-order valence-corrected chi connectivity index (χ2v) is 5.39. The van der Waals surface area contributed by atoms with Gasteiger partial charge in [-0.05, 0) is 19.2 Å². The molecule has 2 unspecified atom stereocenters. The summed E-state index contributed by atoms with van der Waals surface area (Å²) in [5.41, 5.74) is -0.837. The molecule has 4 nitrogen and oxygen atoms in total. The fourth-order valence-electron chi connectivity index (χ4n) is 2.90. The normalized spacial score (nSPS) is 26.0. The maximum atomic E-state index is 13.7. The van der Waals surface area contributed by atoms with Crippen molar-refractivity contribution in [2.24, 2.45) is 0 Å². The first-order chi connectivity index (χ1) is 9.99. The Morgan fingerprint density at radius 1 is 1.24 bits per heavy atom. The molecule has 0 saturated carbocycles. The lowest BCUT2D eigenvalue weighted by Gasteiger charge is -2.33. The molecule has 0 aliphatic carbocycles. The number of hydrogen-bond acceptors (Lipinski definition) is 3. The summed E-state index contributed by atoms with van der Waals surface area (Å²) in [5, 5.41) is 0. The lowest BCUT2D eigenvalue weighted by molar-refractivity contribution is -0.0368. The van der Waals surface area contributed by atoms with Crippen LogP contribution in [0.2, 0.25) is 0 Å². The molecular formula is C14H15F3N2O2. The van der Waals surface area contributed by atoms with Gasteiger partial charge in [0.25, 0.3) is 5.91 Å². The van der Waals surface area contributed by atoms with E-state index in [1.807, 2.05) is 7.05 Å². The number of rotatable bonds is 1. The van der Waals surface area contributed by atoms with E-state index in [0.29, 0.717) is 19.2 Å². The Kier molecular flexibility index (Phi) is 3.62. The zero-order valence-electron chi connectivity index (χ0n) is 11.5. The molecule has 1 amide bonds. The highest BCUT2D eigenvalue weighted by molar-refractivity contribution is 5.95. The van der Waals surface area contributed by atoms with E-state index in [2.05, 4.69) is 4.90 Å². The standard InChI is InChI=1S/C14H15F3N2O2/c1-18-4-5-21-11-7-19(6-10(11)18)14(20)12-8(15)2-3-9(16)13(12)17/h2-3,10-11H,4-7H2,1H3. The van der Waals surface area contributed by atoms with Crippen LogP contribution in [-0.4, -0.2) is 61.1 Å². The Bertz CT molecular complexity index is 582. The third-order valence-corrected chi connectivity index (χ3v) is 4.12. The largest absolute Gasteiger partial charge is 0.373 e. The number of morpholine rings is 1. The van der Waals surface area contributed by atoms with E-state index >= 15 is 0 Å². The van der Waals surface area contributed by atoms with Gasteiger partial charge in [0.1, 0.15) is 11.4 Å². The number of ether oxygens (including phenoxy) is 1. The third-order valence-electron chi connectivity index (χ3n) is 4.12. The molecule has 0 aromatic heterocycles. The van der Waals surface area contributed by atoms with E-state index in [4.69, 9.17) is 4.74 Å². The molecule has 2 saturated heterocycles. The van der Waals surface area contributed by atoms with Crippen LogP contribution in [0.1, 0.15) is 10.4 Å². The average molecular weight is 300 g/mol. The number of amides is 1. The number of likely N-dealkylation sites (N-methyl/N-ethyl adjacent to an activating group) is 1. The molecule has 2 fully saturated rings. The minimum Gasteiger partial charge on any atom is -0.373 e. The van der Waals surface area contributed by atoms with Crippen molar-refractivity contribution >= 4 is 5.91 Å². The summed E-state index contributed by atoms with van der Waals surface area (Å²) >= 11 is 0. The molecule has 0 bridgehead atoms. The third kappa shape index (κ3) is 2.40. The van der Waals surface area contributed by atoms with Crippen LogP contribution in [-0.2, 0) is 4.74 Å². The summed E-state index contributed by atoms with van der Waals surface area (Å²) in [5.74, 6) is -4.56. The van der Waals surface area contributed by atoms with E-state index in [1.165, 1.54) is 4.90 Å². The van der Waals surface area contributed by atoms with Gasteiger partial charge in [-0.1, -0.05) is 0 Å². The zero-order valence-corrected chi connectivity index (χ0v) is 11.5. The van der Waals surface area contributed by atoms with E-state index in [1.54, 1.807) is 0 Å². The molecule has 0 N–H and O–H groups in total. The number of hydrogen-bond donors (Lipinski definition) is 0. The minimum absolute atomic E-state index is 0.00221. The van der Waals surface area contributed by atoms with Gasteiger partial charge >= 0.3 is 0 Å². The molecule has 1 aromatic rings. The van der Waals surface area contributed by atoms with Gasteiger partial charge in [0.2, 0.25) is 0 Å². The van der Waals surface area contributed by atoms with Gasteiger partial charge in [0.05, 0.1) is 18.8 Å². The lowest BCUT2D eigenvalue weighted by atomic mass is 10.1. The van der Waals surface area contributed by atoms with Gasteiger partial charge < -0.3 is 9.64 Å². The van der Waals surface area contributed by atoms with Crippen molar-refractivity contribution in [3.63, 3.8) is 0 Å². The number of carbonyl (C=O) groups is 1. The summed E-state index contributed by atoms with van der Waals surface area (Å²) in [4.78, 5) is 15.7. The second kappa shape index (κ2) is 5.31. The molecule has 7 heteroatoms. The molecule has 0 radical (unpaired) electrons. The Morgan fingerprint density at radius 2 is 1.95 bits per heavy atom. The molecule has 2 atom stereocenters. The van der Waals surface area contributed by atoms with Crippen molar-refractivity contribution in [2.75, 3.05) is 33.3 Å². The molecule has 2 heterocycles. The summed E-state index contributed by atoms with van der Waals surface area (Å²) < 4.78 is 46.2. The van der Waals surface area contributed by atoms with Gasteiger partial charge in [0, 0.05) is 19.6 Å². The Hall–Kier alpha value is -1.60. The molecule has 2 aliphatic heterocycles. The number of halogens is 3. The number of nitrogens with zero attached hydrogens (tertiary/aromatic N) is 2. The molecular weight excluding hydrogens is 285 g/mol. The predicted molar refractivity (Wildman–Crippen MR) is 68.4 cm³/mol. The summed E-state index contributed by atoms with van der Waals surface area (Å²) in [7, 11) is 1.91. The van der Waals surface area contributed by atoms with Crippen molar-refractivity contribution < 1.29 is 22.7 Å². The Balaban J connectivity index is 1.86.